The normalized spacial score (nSPS) is 11.6. The summed E-state index contributed by atoms with van der Waals surface area (Å²) in [5, 5.41) is 4.59. The van der Waals surface area contributed by atoms with Crippen LogP contribution < -0.4 is 0 Å². The van der Waals surface area contributed by atoms with Crippen LogP contribution in [0.3, 0.4) is 0 Å². The van der Waals surface area contributed by atoms with Crippen LogP contribution in [0, 0.1) is 0 Å². The zero-order valence-electron chi connectivity index (χ0n) is 23.5. The number of benzene rings is 5. The molecule has 0 radical (unpaired) electrons. The monoisotopic (exact) mass is 564 g/mol. The maximum atomic E-state index is 5.05. The smallest absolute Gasteiger partial charge is 0.235 e. The van der Waals surface area contributed by atoms with Crippen LogP contribution in [0.5, 0.6) is 0 Å². The number of hydrogen-bond donors (Lipinski definition) is 0. The predicted molar refractivity (Wildman–Crippen MR) is 177 cm³/mol. The van der Waals surface area contributed by atoms with Gasteiger partial charge in [0.25, 0.3) is 0 Å². The Balaban J connectivity index is 1.32. The molecule has 0 N–H and O–H groups in total. The largest absolute Gasteiger partial charge is 0.278 e. The van der Waals surface area contributed by atoms with Crippen LogP contribution in [0.25, 0.3) is 77.9 Å². The first-order valence-corrected chi connectivity index (χ1v) is 14.6. The van der Waals surface area contributed by atoms with Crippen molar-refractivity contribution < 1.29 is 0 Å². The highest BCUT2D eigenvalue weighted by molar-refractivity contribution is 6.19. The molecule has 0 fully saturated rings. The van der Waals surface area contributed by atoms with Gasteiger partial charge in [-0.2, -0.15) is 0 Å². The fraction of sp³-hybridized carbons (Fsp3) is 0. The van der Waals surface area contributed by atoms with Gasteiger partial charge in [0.1, 0.15) is 0 Å². The minimum atomic E-state index is 0.625. The lowest BCUT2D eigenvalue weighted by Gasteiger charge is -2.09. The SMILES string of the molecule is c1ccc(-c2cnc(-n3c4ccccc4c4cc5c6ccccc6n(-c6nccc(-c7ccccc7)n6)c5cc43)nc2)cc1. The van der Waals surface area contributed by atoms with Gasteiger partial charge < -0.3 is 0 Å². The van der Waals surface area contributed by atoms with Crippen molar-refractivity contribution >= 4 is 43.6 Å². The Bertz CT molecular complexity index is 2480. The summed E-state index contributed by atoms with van der Waals surface area (Å²) in [5.74, 6) is 1.25. The molecule has 0 atom stereocenters. The molecule has 0 bridgehead atoms. The maximum Gasteiger partial charge on any atom is 0.235 e. The van der Waals surface area contributed by atoms with E-state index in [1.165, 1.54) is 0 Å². The molecule has 44 heavy (non-hydrogen) atoms. The molecule has 0 unspecified atom stereocenters. The molecule has 9 rings (SSSR count). The van der Waals surface area contributed by atoms with Gasteiger partial charge in [-0.05, 0) is 35.9 Å². The molecular formula is C38H24N6. The molecule has 0 aliphatic heterocycles. The van der Waals surface area contributed by atoms with Crippen LogP contribution in [0.2, 0.25) is 0 Å². The molecule has 6 heteroatoms. The number of nitrogens with zero attached hydrogens (tertiary/aromatic N) is 6. The lowest BCUT2D eigenvalue weighted by Crippen LogP contribution is -2.03. The van der Waals surface area contributed by atoms with Crippen molar-refractivity contribution in [2.45, 2.75) is 0 Å². The Labute approximate surface area is 252 Å². The van der Waals surface area contributed by atoms with Crippen LogP contribution in [0.4, 0.5) is 0 Å². The van der Waals surface area contributed by atoms with E-state index in [2.05, 4.69) is 94.1 Å². The second-order valence-electron chi connectivity index (χ2n) is 10.8. The Morgan fingerprint density at radius 2 is 0.932 bits per heavy atom. The Kier molecular flexibility index (Phi) is 5.40. The molecular weight excluding hydrogens is 540 g/mol. The summed E-state index contributed by atoms with van der Waals surface area (Å²) >= 11 is 0. The summed E-state index contributed by atoms with van der Waals surface area (Å²) in [6.07, 6.45) is 5.64. The summed E-state index contributed by atoms with van der Waals surface area (Å²) in [4.78, 5) is 19.6. The minimum Gasteiger partial charge on any atom is -0.278 e. The minimum absolute atomic E-state index is 0.625. The van der Waals surface area contributed by atoms with Gasteiger partial charge in [-0.25, -0.2) is 19.9 Å². The van der Waals surface area contributed by atoms with E-state index in [0.717, 1.165) is 66.0 Å². The average molecular weight is 565 g/mol. The third-order valence-corrected chi connectivity index (χ3v) is 8.32. The van der Waals surface area contributed by atoms with Crippen molar-refractivity contribution in [3.8, 4) is 34.3 Å². The van der Waals surface area contributed by atoms with Gasteiger partial charge in [-0.3, -0.25) is 9.13 Å². The van der Waals surface area contributed by atoms with Crippen molar-refractivity contribution in [1.82, 2.24) is 29.1 Å². The molecule has 4 heterocycles. The fourth-order valence-corrected chi connectivity index (χ4v) is 6.30. The number of aromatic nitrogens is 6. The molecule has 0 aliphatic rings. The van der Waals surface area contributed by atoms with E-state index in [0.29, 0.717) is 11.9 Å². The lowest BCUT2D eigenvalue weighted by atomic mass is 10.1. The standard InChI is InChI=1S/C38H24N6/c1-3-11-25(12-4-1)27-23-40-37(41-24-27)43-33-17-9-7-15-28(33)30-21-31-29-16-8-10-18-34(29)44(36(31)22-35(30)43)38-39-20-19-32(42-38)26-13-5-2-6-14-26/h1-24H. The van der Waals surface area contributed by atoms with E-state index in [1.807, 2.05) is 61.1 Å². The first-order valence-electron chi connectivity index (χ1n) is 14.6. The molecule has 4 aromatic heterocycles. The Morgan fingerprint density at radius 1 is 0.386 bits per heavy atom. The van der Waals surface area contributed by atoms with Crippen molar-refractivity contribution in [2.75, 3.05) is 0 Å². The van der Waals surface area contributed by atoms with E-state index in [1.54, 1.807) is 0 Å². The number of para-hydroxylation sites is 2. The third-order valence-electron chi connectivity index (χ3n) is 8.32. The summed E-state index contributed by atoms with van der Waals surface area (Å²) in [7, 11) is 0. The van der Waals surface area contributed by atoms with Crippen LogP contribution in [-0.2, 0) is 0 Å². The van der Waals surface area contributed by atoms with Crippen LogP contribution in [-0.4, -0.2) is 29.1 Å². The molecule has 0 aliphatic carbocycles. The molecule has 0 saturated heterocycles. The summed E-state index contributed by atoms with van der Waals surface area (Å²) in [6.45, 7) is 0. The van der Waals surface area contributed by atoms with Gasteiger partial charge in [0, 0.05) is 51.3 Å². The van der Waals surface area contributed by atoms with E-state index in [9.17, 15) is 0 Å². The predicted octanol–water partition coefficient (Wildman–Crippen LogP) is 8.79. The molecule has 9 aromatic rings. The molecule has 0 saturated carbocycles. The lowest BCUT2D eigenvalue weighted by molar-refractivity contribution is 0.984. The van der Waals surface area contributed by atoms with E-state index < -0.39 is 0 Å². The Hall–Kier alpha value is -6.14. The summed E-state index contributed by atoms with van der Waals surface area (Å²) < 4.78 is 4.32. The van der Waals surface area contributed by atoms with Gasteiger partial charge in [0.05, 0.1) is 27.8 Å². The van der Waals surface area contributed by atoms with Gasteiger partial charge in [0.2, 0.25) is 11.9 Å². The maximum absolute atomic E-state index is 5.05. The molecule has 0 amide bonds. The topological polar surface area (TPSA) is 61.4 Å². The van der Waals surface area contributed by atoms with E-state index in [-0.39, 0.29) is 0 Å². The van der Waals surface area contributed by atoms with E-state index in [4.69, 9.17) is 19.9 Å². The quantitative estimate of drug-likeness (QED) is 0.214. The van der Waals surface area contributed by atoms with Crippen LogP contribution >= 0.6 is 0 Å². The number of rotatable bonds is 4. The molecule has 206 valence electrons. The highest BCUT2D eigenvalue weighted by atomic mass is 15.2. The Morgan fingerprint density at radius 3 is 1.57 bits per heavy atom. The van der Waals surface area contributed by atoms with Crippen molar-refractivity contribution in [3.05, 3.63) is 146 Å². The average Bonchev–Trinajstić information content (AvgIpc) is 3.60. The molecule has 5 aromatic carbocycles. The van der Waals surface area contributed by atoms with Gasteiger partial charge >= 0.3 is 0 Å². The van der Waals surface area contributed by atoms with Crippen LogP contribution in [0.1, 0.15) is 0 Å². The number of hydrogen-bond acceptors (Lipinski definition) is 4. The summed E-state index contributed by atoms with van der Waals surface area (Å²) in [6, 6.07) is 43.8. The third kappa shape index (κ3) is 3.75. The second kappa shape index (κ2) is 9.71. The zero-order chi connectivity index (χ0) is 29.0. The van der Waals surface area contributed by atoms with Gasteiger partial charge in [0.15, 0.2) is 0 Å². The first kappa shape index (κ1) is 24.5. The van der Waals surface area contributed by atoms with Crippen molar-refractivity contribution in [3.63, 3.8) is 0 Å². The van der Waals surface area contributed by atoms with E-state index >= 15 is 0 Å². The first-order chi connectivity index (χ1) is 21.8. The molecule has 0 spiro atoms. The zero-order valence-corrected chi connectivity index (χ0v) is 23.5. The van der Waals surface area contributed by atoms with Gasteiger partial charge in [-0.1, -0.05) is 97.1 Å². The van der Waals surface area contributed by atoms with Crippen LogP contribution in [0.15, 0.2) is 146 Å². The van der Waals surface area contributed by atoms with Crippen molar-refractivity contribution in [2.24, 2.45) is 0 Å². The highest BCUT2D eigenvalue weighted by Crippen LogP contribution is 2.39. The fourth-order valence-electron chi connectivity index (χ4n) is 6.30. The highest BCUT2D eigenvalue weighted by Gasteiger charge is 2.20. The molecule has 6 nitrogen and oxygen atoms in total. The van der Waals surface area contributed by atoms with Gasteiger partial charge in [-0.15, -0.1) is 0 Å². The summed E-state index contributed by atoms with van der Waals surface area (Å²) in [5.41, 5.74) is 8.15. The second-order valence-corrected chi connectivity index (χ2v) is 10.8. The van der Waals surface area contributed by atoms with Crippen molar-refractivity contribution in [1.29, 1.82) is 0 Å². The number of fused-ring (bicyclic) bond motifs is 6.